The fraction of sp³-hybridized carbons (Fsp3) is 0.381. The van der Waals surface area contributed by atoms with Crippen LogP contribution in [0, 0.1) is 11.3 Å². The molecule has 1 saturated heterocycles. The van der Waals surface area contributed by atoms with Crippen LogP contribution >= 0.6 is 0 Å². The second-order valence-electron chi connectivity index (χ2n) is 7.16. The van der Waals surface area contributed by atoms with E-state index in [1.54, 1.807) is 25.3 Å². The Morgan fingerprint density at radius 2 is 1.96 bits per heavy atom. The lowest BCUT2D eigenvalue weighted by Crippen LogP contribution is -2.48. The number of ether oxygens (including phenoxy) is 2. The maximum absolute atomic E-state index is 13.0. The fourth-order valence-electron chi connectivity index (χ4n) is 4.16. The molecule has 7 heteroatoms. The van der Waals surface area contributed by atoms with Gasteiger partial charge in [-0.3, -0.25) is 0 Å². The van der Waals surface area contributed by atoms with Gasteiger partial charge in [0.15, 0.2) is 0 Å². The van der Waals surface area contributed by atoms with E-state index in [2.05, 4.69) is 6.07 Å². The van der Waals surface area contributed by atoms with Crippen LogP contribution in [-0.4, -0.2) is 39.5 Å². The lowest BCUT2D eigenvalue weighted by atomic mass is 9.80. The normalized spacial score (nSPS) is 19.0. The second-order valence-corrected chi connectivity index (χ2v) is 9.10. The largest absolute Gasteiger partial charge is 0.497 e. The number of piperidine rings is 1. The Labute approximate surface area is 165 Å². The Bertz CT molecular complexity index is 1030. The molecule has 1 spiro atoms. The molecular weight excluding hydrogens is 376 g/mol. The van der Waals surface area contributed by atoms with E-state index in [0.717, 1.165) is 17.7 Å². The summed E-state index contributed by atoms with van der Waals surface area (Å²) >= 11 is 0. The molecule has 2 aliphatic rings. The smallest absolute Gasteiger partial charge is 0.243 e. The predicted molar refractivity (Wildman–Crippen MR) is 103 cm³/mol. The number of benzene rings is 2. The Morgan fingerprint density at radius 1 is 1.18 bits per heavy atom. The van der Waals surface area contributed by atoms with Crippen LogP contribution < -0.4 is 4.74 Å². The van der Waals surface area contributed by atoms with Gasteiger partial charge in [0.1, 0.15) is 5.75 Å². The second kappa shape index (κ2) is 7.21. The minimum atomic E-state index is -3.63. The van der Waals surface area contributed by atoms with Gasteiger partial charge in [-0.05, 0) is 60.7 Å². The molecule has 0 bridgehead atoms. The number of nitrogens with zero attached hydrogens (tertiary/aromatic N) is 2. The van der Waals surface area contributed by atoms with Crippen LogP contribution in [0.3, 0.4) is 0 Å². The average molecular weight is 398 g/mol. The zero-order valence-corrected chi connectivity index (χ0v) is 16.5. The number of nitriles is 1. The quantitative estimate of drug-likeness (QED) is 0.794. The highest BCUT2D eigenvalue weighted by Crippen LogP contribution is 2.43. The summed E-state index contributed by atoms with van der Waals surface area (Å²) in [4.78, 5) is 0.164. The highest BCUT2D eigenvalue weighted by molar-refractivity contribution is 7.89. The molecule has 0 radical (unpaired) electrons. The van der Waals surface area contributed by atoms with Crippen molar-refractivity contribution in [2.75, 3.05) is 26.8 Å². The Balaban J connectivity index is 1.58. The monoisotopic (exact) mass is 398 g/mol. The summed E-state index contributed by atoms with van der Waals surface area (Å²) in [6.45, 7) is 1.38. The van der Waals surface area contributed by atoms with Crippen molar-refractivity contribution in [2.45, 2.75) is 29.8 Å². The number of methoxy groups -OCH3 is 1. The van der Waals surface area contributed by atoms with Gasteiger partial charge in [0, 0.05) is 13.1 Å². The molecule has 0 unspecified atom stereocenters. The molecule has 0 amide bonds. The summed E-state index contributed by atoms with van der Waals surface area (Å²) in [5, 5.41) is 9.05. The predicted octanol–water partition coefficient (Wildman–Crippen LogP) is 2.82. The Morgan fingerprint density at radius 3 is 2.68 bits per heavy atom. The third kappa shape index (κ3) is 3.18. The zero-order chi connectivity index (χ0) is 19.8. The summed E-state index contributed by atoms with van der Waals surface area (Å²) in [5.41, 5.74) is 2.25. The molecular formula is C21H22N2O4S. The van der Waals surface area contributed by atoms with E-state index < -0.39 is 15.6 Å². The highest BCUT2D eigenvalue weighted by atomic mass is 32.2. The summed E-state index contributed by atoms with van der Waals surface area (Å²) < 4.78 is 39.1. The Hall–Kier alpha value is -2.40. The summed E-state index contributed by atoms with van der Waals surface area (Å²) in [5.74, 6) is 0.827. The van der Waals surface area contributed by atoms with E-state index in [0.29, 0.717) is 38.1 Å². The van der Waals surface area contributed by atoms with E-state index in [9.17, 15) is 8.42 Å². The standard InChI is InChI=1S/C21H22N2O4S/c1-26-18-5-6-20-17(14-18)7-12-27-21(20)8-10-23(11-9-21)28(24,25)19-4-2-3-16(13-19)15-22/h2-6,13-14H,7-12H2,1H3. The minimum Gasteiger partial charge on any atom is -0.497 e. The van der Waals surface area contributed by atoms with Crippen molar-refractivity contribution in [3.63, 3.8) is 0 Å². The van der Waals surface area contributed by atoms with Crippen molar-refractivity contribution in [1.29, 1.82) is 5.26 Å². The van der Waals surface area contributed by atoms with Crippen molar-refractivity contribution in [3.05, 3.63) is 59.2 Å². The number of hydrogen-bond donors (Lipinski definition) is 0. The van der Waals surface area contributed by atoms with E-state index >= 15 is 0 Å². The first-order valence-electron chi connectivity index (χ1n) is 9.30. The van der Waals surface area contributed by atoms with Crippen molar-refractivity contribution < 1.29 is 17.9 Å². The maximum Gasteiger partial charge on any atom is 0.243 e. The molecule has 146 valence electrons. The van der Waals surface area contributed by atoms with Gasteiger partial charge in [-0.25, -0.2) is 8.42 Å². The lowest BCUT2D eigenvalue weighted by Gasteiger charge is -2.44. The molecule has 0 N–H and O–H groups in total. The SMILES string of the molecule is COc1ccc2c(c1)CCOC21CCN(S(=O)(=O)c2cccc(C#N)c2)CC1. The van der Waals surface area contributed by atoms with Gasteiger partial charge in [0.2, 0.25) is 10.0 Å². The number of rotatable bonds is 3. The molecule has 1 fully saturated rings. The van der Waals surface area contributed by atoms with Crippen molar-refractivity contribution >= 4 is 10.0 Å². The van der Waals surface area contributed by atoms with Gasteiger partial charge in [-0.2, -0.15) is 9.57 Å². The average Bonchev–Trinajstić information content (AvgIpc) is 2.74. The molecule has 0 aromatic heterocycles. The topological polar surface area (TPSA) is 79.6 Å². The summed E-state index contributed by atoms with van der Waals surface area (Å²) in [6.07, 6.45) is 2.03. The molecule has 0 aliphatic carbocycles. The molecule has 0 saturated carbocycles. The van der Waals surface area contributed by atoms with Crippen LogP contribution in [0.25, 0.3) is 0 Å². The number of hydrogen-bond acceptors (Lipinski definition) is 5. The third-order valence-electron chi connectivity index (χ3n) is 5.68. The van der Waals surface area contributed by atoms with Gasteiger partial charge in [-0.15, -0.1) is 0 Å². The van der Waals surface area contributed by atoms with E-state index in [4.69, 9.17) is 14.7 Å². The molecule has 6 nitrogen and oxygen atoms in total. The van der Waals surface area contributed by atoms with Crippen molar-refractivity contribution in [3.8, 4) is 11.8 Å². The molecule has 0 atom stereocenters. The fourth-order valence-corrected chi connectivity index (χ4v) is 5.65. The maximum atomic E-state index is 13.0. The molecule has 2 aliphatic heterocycles. The zero-order valence-electron chi connectivity index (χ0n) is 15.7. The summed E-state index contributed by atoms with van der Waals surface area (Å²) in [6, 6.07) is 14.2. The minimum absolute atomic E-state index is 0.164. The van der Waals surface area contributed by atoms with E-state index in [1.165, 1.54) is 15.9 Å². The van der Waals surface area contributed by atoms with Gasteiger partial charge < -0.3 is 9.47 Å². The van der Waals surface area contributed by atoms with Crippen molar-refractivity contribution in [2.24, 2.45) is 0 Å². The van der Waals surface area contributed by atoms with E-state index in [1.807, 2.05) is 18.2 Å². The molecule has 2 aromatic rings. The van der Waals surface area contributed by atoms with Crippen LogP contribution in [0.15, 0.2) is 47.4 Å². The molecule has 28 heavy (non-hydrogen) atoms. The Kier molecular flexibility index (Phi) is 4.88. The molecule has 4 rings (SSSR count). The van der Waals surface area contributed by atoms with Gasteiger partial charge >= 0.3 is 0 Å². The van der Waals surface area contributed by atoms with Crippen molar-refractivity contribution in [1.82, 2.24) is 4.31 Å². The lowest BCUT2D eigenvalue weighted by molar-refractivity contribution is -0.0892. The van der Waals surface area contributed by atoms with Crippen LogP contribution in [0.1, 0.15) is 29.5 Å². The van der Waals surface area contributed by atoms with Gasteiger partial charge in [-0.1, -0.05) is 12.1 Å². The van der Waals surface area contributed by atoms with Crippen LogP contribution in [0.5, 0.6) is 5.75 Å². The van der Waals surface area contributed by atoms with Gasteiger partial charge in [0.05, 0.1) is 35.8 Å². The summed E-state index contributed by atoms with van der Waals surface area (Å²) in [7, 11) is -1.98. The molecule has 2 heterocycles. The third-order valence-corrected chi connectivity index (χ3v) is 7.58. The van der Waals surface area contributed by atoms with Crippen LogP contribution in [-0.2, 0) is 26.8 Å². The number of fused-ring (bicyclic) bond motifs is 2. The first-order valence-corrected chi connectivity index (χ1v) is 10.7. The highest BCUT2D eigenvalue weighted by Gasteiger charge is 2.43. The number of sulfonamides is 1. The van der Waals surface area contributed by atoms with Crippen LogP contribution in [0.2, 0.25) is 0 Å². The molecule has 2 aromatic carbocycles. The van der Waals surface area contributed by atoms with E-state index in [-0.39, 0.29) is 4.90 Å². The first-order chi connectivity index (χ1) is 13.5. The first kappa shape index (κ1) is 18.9. The van der Waals surface area contributed by atoms with Gasteiger partial charge in [0.25, 0.3) is 0 Å². The van der Waals surface area contributed by atoms with Crippen LogP contribution in [0.4, 0.5) is 0 Å².